The highest BCUT2D eigenvalue weighted by Crippen LogP contribution is 2.26. The summed E-state index contributed by atoms with van der Waals surface area (Å²) in [4.78, 5) is 4.36. The van der Waals surface area contributed by atoms with E-state index in [2.05, 4.69) is 15.8 Å². The molecule has 1 atom stereocenters. The van der Waals surface area contributed by atoms with Gasteiger partial charge in [0.25, 0.3) is 0 Å². The van der Waals surface area contributed by atoms with Gasteiger partial charge in [0, 0.05) is 6.54 Å². The monoisotopic (exact) mass is 300 g/mol. The van der Waals surface area contributed by atoms with E-state index in [0.717, 1.165) is 36.5 Å². The summed E-state index contributed by atoms with van der Waals surface area (Å²) < 4.78 is 15.8. The number of hydrogen-bond acceptors (Lipinski definition) is 2. The second-order valence-corrected chi connectivity index (χ2v) is 6.19. The van der Waals surface area contributed by atoms with Crippen LogP contribution in [0.2, 0.25) is 0 Å². The molecule has 0 bridgehead atoms. The van der Waals surface area contributed by atoms with Gasteiger partial charge in [0.15, 0.2) is 5.82 Å². The predicted octanol–water partition coefficient (Wildman–Crippen LogP) is 4.62. The number of fused-ring (bicyclic) bond motifs is 1. The number of hydrogen-bond donors (Lipinski definition) is 0. The van der Waals surface area contributed by atoms with Crippen LogP contribution in [0.25, 0.3) is 11.0 Å². The Morgan fingerprint density at radius 3 is 2.89 bits per heavy atom. The lowest BCUT2D eigenvalue weighted by molar-refractivity contribution is 0.619. The summed E-state index contributed by atoms with van der Waals surface area (Å²) in [6.07, 6.45) is 4.31. The molecule has 2 nitrogen and oxygen atoms in total. The van der Waals surface area contributed by atoms with Crippen molar-refractivity contribution < 1.29 is 4.39 Å². The SMILES string of the molecule is CSCCCCn1c(C(C)Cl)nc2c(F)cccc21. The molecule has 0 fully saturated rings. The second kappa shape index (κ2) is 6.62. The minimum atomic E-state index is -0.279. The first-order valence-electron chi connectivity index (χ1n) is 6.42. The fourth-order valence-corrected chi connectivity index (χ4v) is 2.85. The number of alkyl halides is 1. The van der Waals surface area contributed by atoms with Crippen LogP contribution in [0, 0.1) is 5.82 Å². The van der Waals surface area contributed by atoms with Gasteiger partial charge in [0.05, 0.1) is 10.9 Å². The molecule has 0 amide bonds. The van der Waals surface area contributed by atoms with Crippen LogP contribution in [-0.4, -0.2) is 21.6 Å². The van der Waals surface area contributed by atoms with Crippen LogP contribution in [0.3, 0.4) is 0 Å². The number of aryl methyl sites for hydroxylation is 1. The van der Waals surface area contributed by atoms with Crippen molar-refractivity contribution in [2.24, 2.45) is 0 Å². The highest BCUT2D eigenvalue weighted by Gasteiger charge is 2.16. The largest absolute Gasteiger partial charge is 0.327 e. The third kappa shape index (κ3) is 3.23. The smallest absolute Gasteiger partial charge is 0.151 e. The van der Waals surface area contributed by atoms with Crippen LogP contribution < -0.4 is 0 Å². The van der Waals surface area contributed by atoms with Gasteiger partial charge in [-0.1, -0.05) is 6.07 Å². The van der Waals surface area contributed by atoms with E-state index in [9.17, 15) is 4.39 Å². The number of para-hydroxylation sites is 1. The van der Waals surface area contributed by atoms with Gasteiger partial charge in [-0.25, -0.2) is 9.37 Å². The fourth-order valence-electron chi connectivity index (χ4n) is 2.19. The van der Waals surface area contributed by atoms with Gasteiger partial charge in [-0.15, -0.1) is 11.6 Å². The molecule has 2 rings (SSSR count). The third-order valence-corrected chi connectivity index (χ3v) is 3.99. The number of aromatic nitrogens is 2. The highest BCUT2D eigenvalue weighted by atomic mass is 35.5. The van der Waals surface area contributed by atoms with E-state index in [1.807, 2.05) is 24.8 Å². The lowest BCUT2D eigenvalue weighted by atomic mass is 10.3. The van der Waals surface area contributed by atoms with Crippen LogP contribution in [-0.2, 0) is 6.54 Å². The molecule has 0 N–H and O–H groups in total. The van der Waals surface area contributed by atoms with Crippen molar-refractivity contribution in [3.63, 3.8) is 0 Å². The summed E-state index contributed by atoms with van der Waals surface area (Å²) in [7, 11) is 0. The molecule has 5 heteroatoms. The van der Waals surface area contributed by atoms with Crippen molar-refractivity contribution >= 4 is 34.4 Å². The highest BCUT2D eigenvalue weighted by molar-refractivity contribution is 7.98. The van der Waals surface area contributed by atoms with Gasteiger partial charge in [-0.05, 0) is 43.9 Å². The zero-order valence-corrected chi connectivity index (χ0v) is 12.8. The van der Waals surface area contributed by atoms with Crippen molar-refractivity contribution in [1.82, 2.24) is 9.55 Å². The van der Waals surface area contributed by atoms with Crippen LogP contribution in [0.5, 0.6) is 0 Å². The summed E-state index contributed by atoms with van der Waals surface area (Å²) in [5.41, 5.74) is 1.27. The number of nitrogens with zero attached hydrogens (tertiary/aromatic N) is 2. The number of halogens is 2. The first kappa shape index (κ1) is 14.7. The molecule has 0 spiro atoms. The Kier molecular flexibility index (Phi) is 5.11. The zero-order chi connectivity index (χ0) is 13.8. The molecule has 104 valence electrons. The van der Waals surface area contributed by atoms with Crippen LogP contribution >= 0.6 is 23.4 Å². The molecular formula is C14H18ClFN2S. The number of rotatable bonds is 6. The summed E-state index contributed by atoms with van der Waals surface area (Å²) in [6.45, 7) is 2.71. The standard InChI is InChI=1S/C14H18ClFN2S/c1-10(15)14-17-13-11(16)6-5-7-12(13)18(14)8-3-4-9-19-2/h5-7,10H,3-4,8-9H2,1-2H3. The van der Waals surface area contributed by atoms with Crippen LogP contribution in [0.4, 0.5) is 4.39 Å². The van der Waals surface area contributed by atoms with E-state index in [1.54, 1.807) is 6.07 Å². The maximum atomic E-state index is 13.8. The molecule has 1 heterocycles. The molecule has 19 heavy (non-hydrogen) atoms. The lowest BCUT2D eigenvalue weighted by Gasteiger charge is -2.10. The molecule has 0 aliphatic heterocycles. The van der Waals surface area contributed by atoms with Gasteiger partial charge in [0.1, 0.15) is 11.3 Å². The molecule has 0 radical (unpaired) electrons. The minimum Gasteiger partial charge on any atom is -0.327 e. The maximum absolute atomic E-state index is 13.8. The quantitative estimate of drug-likeness (QED) is 0.572. The van der Waals surface area contributed by atoms with E-state index in [-0.39, 0.29) is 11.2 Å². The number of unbranched alkanes of at least 4 members (excludes halogenated alkanes) is 1. The Bertz CT molecular complexity index is 554. The Morgan fingerprint density at radius 1 is 1.42 bits per heavy atom. The Morgan fingerprint density at radius 2 is 2.21 bits per heavy atom. The van der Waals surface area contributed by atoms with Gasteiger partial charge in [-0.3, -0.25) is 0 Å². The Balaban J connectivity index is 2.33. The number of benzene rings is 1. The van der Waals surface area contributed by atoms with E-state index < -0.39 is 0 Å². The molecule has 0 aliphatic rings. The van der Waals surface area contributed by atoms with Gasteiger partial charge in [-0.2, -0.15) is 11.8 Å². The van der Waals surface area contributed by atoms with E-state index in [0.29, 0.717) is 5.52 Å². The first-order valence-corrected chi connectivity index (χ1v) is 8.26. The van der Waals surface area contributed by atoms with Gasteiger partial charge >= 0.3 is 0 Å². The first-order chi connectivity index (χ1) is 9.15. The predicted molar refractivity (Wildman–Crippen MR) is 81.6 cm³/mol. The summed E-state index contributed by atoms with van der Waals surface area (Å²) in [6, 6.07) is 5.07. The van der Waals surface area contributed by atoms with Crippen molar-refractivity contribution in [3.05, 3.63) is 29.8 Å². The maximum Gasteiger partial charge on any atom is 0.151 e. The molecule has 0 saturated heterocycles. The van der Waals surface area contributed by atoms with Crippen LogP contribution in [0.15, 0.2) is 18.2 Å². The second-order valence-electron chi connectivity index (χ2n) is 4.55. The van der Waals surface area contributed by atoms with E-state index >= 15 is 0 Å². The van der Waals surface area contributed by atoms with Crippen molar-refractivity contribution in [1.29, 1.82) is 0 Å². The summed E-state index contributed by atoms with van der Waals surface area (Å²) in [5, 5.41) is -0.215. The van der Waals surface area contributed by atoms with Crippen molar-refractivity contribution in [3.8, 4) is 0 Å². The topological polar surface area (TPSA) is 17.8 Å². The van der Waals surface area contributed by atoms with E-state index in [4.69, 9.17) is 11.6 Å². The van der Waals surface area contributed by atoms with Gasteiger partial charge < -0.3 is 4.57 Å². The molecular weight excluding hydrogens is 283 g/mol. The van der Waals surface area contributed by atoms with Crippen molar-refractivity contribution in [2.45, 2.75) is 31.7 Å². The van der Waals surface area contributed by atoms with Crippen LogP contribution in [0.1, 0.15) is 31.0 Å². The molecule has 0 aliphatic carbocycles. The molecule has 2 aromatic rings. The third-order valence-electron chi connectivity index (χ3n) is 3.10. The number of thioether (sulfide) groups is 1. The average Bonchev–Trinajstić information content (AvgIpc) is 2.75. The number of imidazole rings is 1. The normalized spacial score (nSPS) is 13.1. The van der Waals surface area contributed by atoms with Gasteiger partial charge in [0.2, 0.25) is 0 Å². The molecule has 1 unspecified atom stereocenters. The van der Waals surface area contributed by atoms with Crippen molar-refractivity contribution in [2.75, 3.05) is 12.0 Å². The Labute approximate surface area is 122 Å². The summed E-state index contributed by atoms with van der Waals surface area (Å²) >= 11 is 8.01. The molecule has 1 aromatic heterocycles. The zero-order valence-electron chi connectivity index (χ0n) is 11.2. The summed E-state index contributed by atoms with van der Waals surface area (Å²) in [5.74, 6) is 1.62. The average molecular weight is 301 g/mol. The fraction of sp³-hybridized carbons (Fsp3) is 0.500. The molecule has 0 saturated carbocycles. The minimum absolute atomic E-state index is 0.215. The molecule has 1 aromatic carbocycles. The Hall–Kier alpha value is -0.740. The lowest BCUT2D eigenvalue weighted by Crippen LogP contribution is -2.05. The van der Waals surface area contributed by atoms with E-state index in [1.165, 1.54) is 6.07 Å².